The van der Waals surface area contributed by atoms with E-state index in [9.17, 15) is 27.1 Å². The second kappa shape index (κ2) is 11.9. The molecule has 3 aromatic rings. The van der Waals surface area contributed by atoms with Gasteiger partial charge in [-0.1, -0.05) is 12.1 Å². The van der Waals surface area contributed by atoms with Crippen LogP contribution in [0.3, 0.4) is 0 Å². The third kappa shape index (κ3) is 8.83. The Balaban J connectivity index is 1.71. The molecule has 0 spiro atoms. The van der Waals surface area contributed by atoms with Gasteiger partial charge in [0.15, 0.2) is 5.69 Å². The van der Waals surface area contributed by atoms with Crippen LogP contribution in [0.25, 0.3) is 0 Å². The Hall–Kier alpha value is -2.62. The van der Waals surface area contributed by atoms with Crippen molar-refractivity contribution < 1.29 is 31.5 Å². The fourth-order valence-electron chi connectivity index (χ4n) is 3.25. The van der Waals surface area contributed by atoms with E-state index < -0.39 is 45.7 Å². The number of hydrogen-bond acceptors (Lipinski definition) is 7. The number of aliphatic hydroxyl groups is 1. The van der Waals surface area contributed by atoms with Crippen LogP contribution >= 0.6 is 22.6 Å². The minimum Gasteiger partial charge on any atom is -0.431 e. The first-order valence-corrected chi connectivity index (χ1v) is 13.3. The first-order chi connectivity index (χ1) is 16.5. The first kappa shape index (κ1) is 27.0. The van der Waals surface area contributed by atoms with Crippen molar-refractivity contribution in [3.05, 3.63) is 80.8 Å². The summed E-state index contributed by atoms with van der Waals surface area (Å²) in [6.07, 6.45) is 0.612. The lowest BCUT2D eigenvalue weighted by atomic mass is 10.0. The average Bonchev–Trinajstić information content (AvgIpc) is 3.19. The third-order valence-corrected chi connectivity index (χ3v) is 5.96. The van der Waals surface area contributed by atoms with Crippen molar-refractivity contribution in [1.29, 1.82) is 0 Å². The zero-order chi connectivity index (χ0) is 25.6. The highest BCUT2D eigenvalue weighted by molar-refractivity contribution is 14.1. The molecule has 2 aromatic carbocycles. The lowest BCUT2D eigenvalue weighted by Gasteiger charge is -2.24. The van der Waals surface area contributed by atoms with E-state index >= 15 is 0 Å². The first-order valence-electron chi connectivity index (χ1n) is 10.3. The van der Waals surface area contributed by atoms with Crippen LogP contribution in [0, 0.1) is 15.2 Å². The minimum absolute atomic E-state index is 0.0634. The number of aliphatic hydroxyl groups excluding tert-OH is 1. The van der Waals surface area contributed by atoms with Gasteiger partial charge in [0.25, 0.3) is 5.91 Å². The van der Waals surface area contributed by atoms with Crippen LogP contribution in [0.4, 0.5) is 14.8 Å². The molecule has 35 heavy (non-hydrogen) atoms. The fourth-order valence-corrected chi connectivity index (χ4v) is 4.26. The van der Waals surface area contributed by atoms with Crippen LogP contribution in [0.2, 0.25) is 0 Å². The number of benzene rings is 2. The number of carbonyl (C=O) groups is 1. The van der Waals surface area contributed by atoms with Crippen molar-refractivity contribution in [3.8, 4) is 0 Å². The van der Waals surface area contributed by atoms with Gasteiger partial charge in [-0.25, -0.2) is 21.9 Å². The predicted octanol–water partition coefficient (Wildman–Crippen LogP) is 2.42. The van der Waals surface area contributed by atoms with E-state index in [1.807, 2.05) is 29.0 Å². The van der Waals surface area contributed by atoms with Gasteiger partial charge in [-0.15, -0.1) is 0 Å². The summed E-state index contributed by atoms with van der Waals surface area (Å²) in [6.45, 7) is 0.515. The zero-order valence-corrected chi connectivity index (χ0v) is 21.4. The summed E-state index contributed by atoms with van der Waals surface area (Å²) in [7, 11) is -3.67. The molecule has 0 aliphatic rings. The van der Waals surface area contributed by atoms with Crippen LogP contribution < -0.4 is 15.4 Å². The molecule has 1 aromatic heterocycles. The molecule has 0 aliphatic heterocycles. The fraction of sp³-hybridized carbons (Fsp3) is 0.273. The summed E-state index contributed by atoms with van der Waals surface area (Å²) < 4.78 is 58.0. The molecule has 188 valence electrons. The Kier molecular flexibility index (Phi) is 9.15. The van der Waals surface area contributed by atoms with Gasteiger partial charge >= 0.3 is 6.01 Å². The molecule has 4 N–H and O–H groups in total. The van der Waals surface area contributed by atoms with Gasteiger partial charge in [0, 0.05) is 22.7 Å². The van der Waals surface area contributed by atoms with Crippen LogP contribution in [-0.2, 0) is 23.0 Å². The molecule has 2 unspecified atom stereocenters. The molecule has 13 heteroatoms. The van der Waals surface area contributed by atoms with E-state index in [4.69, 9.17) is 4.42 Å². The number of sulfonamides is 1. The van der Waals surface area contributed by atoms with Crippen LogP contribution in [-0.4, -0.2) is 49.4 Å². The topological polar surface area (TPSA) is 134 Å². The summed E-state index contributed by atoms with van der Waals surface area (Å²) >= 11 is 2.19. The molecule has 0 aliphatic carbocycles. The Morgan fingerprint density at radius 2 is 1.89 bits per heavy atom. The van der Waals surface area contributed by atoms with Gasteiger partial charge in [0.1, 0.15) is 17.9 Å². The molecular formula is C22H23F2IN4O5S. The quantitative estimate of drug-likeness (QED) is 0.242. The number of halogens is 3. The molecule has 0 radical (unpaired) electrons. The Morgan fingerprint density at radius 1 is 1.17 bits per heavy atom. The molecule has 3 rings (SSSR count). The van der Waals surface area contributed by atoms with Crippen molar-refractivity contribution in [3.63, 3.8) is 0 Å². The lowest BCUT2D eigenvalue weighted by Crippen LogP contribution is -2.48. The van der Waals surface area contributed by atoms with Gasteiger partial charge in [0.05, 0.1) is 18.4 Å². The number of hydrogen-bond donors (Lipinski definition) is 4. The van der Waals surface area contributed by atoms with Crippen molar-refractivity contribution in [2.45, 2.75) is 25.1 Å². The zero-order valence-electron chi connectivity index (χ0n) is 18.5. The molecule has 1 heterocycles. The van der Waals surface area contributed by atoms with E-state index in [-0.39, 0.29) is 24.2 Å². The summed E-state index contributed by atoms with van der Waals surface area (Å²) in [4.78, 5) is 16.5. The normalized spacial score (nSPS) is 13.3. The van der Waals surface area contributed by atoms with Crippen molar-refractivity contribution in [2.75, 3.05) is 17.5 Å². The number of amides is 1. The number of oxazole rings is 1. The summed E-state index contributed by atoms with van der Waals surface area (Å²) in [5.41, 5.74) is 0.972. The number of rotatable bonds is 11. The van der Waals surface area contributed by atoms with Crippen LogP contribution in [0.5, 0.6) is 0 Å². The van der Waals surface area contributed by atoms with E-state index in [1.165, 1.54) is 0 Å². The Bertz CT molecular complexity index is 1270. The second-order valence-corrected chi connectivity index (χ2v) is 10.8. The predicted molar refractivity (Wildman–Crippen MR) is 133 cm³/mol. The number of carbonyl (C=O) groups excluding carboxylic acids is 1. The smallest absolute Gasteiger partial charge is 0.309 e. The summed E-state index contributed by atoms with van der Waals surface area (Å²) in [5.74, 6) is -2.34. The maximum Gasteiger partial charge on any atom is 0.309 e. The molecule has 9 nitrogen and oxygen atoms in total. The molecule has 0 bridgehead atoms. The Labute approximate surface area is 214 Å². The van der Waals surface area contributed by atoms with Crippen molar-refractivity contribution in [2.24, 2.45) is 0 Å². The SMILES string of the molecule is CS(=O)(=O)Nc1nc(C(=O)NC(Cc2cc(F)cc(F)c2)C(O)CNCc2cccc(I)c2)co1. The summed E-state index contributed by atoms with van der Waals surface area (Å²) in [6, 6.07) is 9.32. The number of nitrogens with zero attached hydrogens (tertiary/aromatic N) is 1. The van der Waals surface area contributed by atoms with Crippen LogP contribution in [0.15, 0.2) is 53.1 Å². The monoisotopic (exact) mass is 620 g/mol. The highest BCUT2D eigenvalue weighted by Gasteiger charge is 2.25. The van der Waals surface area contributed by atoms with Crippen LogP contribution in [0.1, 0.15) is 21.6 Å². The molecule has 0 saturated heterocycles. The summed E-state index contributed by atoms with van der Waals surface area (Å²) in [5, 5.41) is 16.5. The highest BCUT2D eigenvalue weighted by atomic mass is 127. The standard InChI is InChI=1S/C22H23F2IN4O5S/c1-35(32,33)29-22-28-19(12-34-22)21(31)27-18(8-14-5-15(23)9-16(24)6-14)20(30)11-26-10-13-3-2-4-17(25)7-13/h2-7,9,12,18,20,26,30H,8,10-11H2,1H3,(H,27,31)(H,28,29). The molecule has 0 fully saturated rings. The van der Waals surface area contributed by atoms with Gasteiger partial charge in [-0.05, 0) is 64.4 Å². The number of anilines is 1. The maximum absolute atomic E-state index is 13.7. The Morgan fingerprint density at radius 3 is 2.54 bits per heavy atom. The van der Waals surface area contributed by atoms with Gasteiger partial charge in [0.2, 0.25) is 10.0 Å². The number of nitrogens with one attached hydrogen (secondary N) is 3. The van der Waals surface area contributed by atoms with Gasteiger partial charge < -0.3 is 20.2 Å². The molecule has 2 atom stereocenters. The molecule has 0 saturated carbocycles. The van der Waals surface area contributed by atoms with E-state index in [1.54, 1.807) is 0 Å². The van der Waals surface area contributed by atoms with Gasteiger partial charge in [-0.3, -0.25) is 4.79 Å². The third-order valence-electron chi connectivity index (χ3n) is 4.74. The minimum atomic E-state index is -3.67. The van der Waals surface area contributed by atoms with E-state index in [0.717, 1.165) is 39.9 Å². The lowest BCUT2D eigenvalue weighted by molar-refractivity contribution is 0.0825. The van der Waals surface area contributed by atoms with Crippen molar-refractivity contribution >= 4 is 44.5 Å². The average molecular weight is 620 g/mol. The maximum atomic E-state index is 13.7. The number of aromatic nitrogens is 1. The van der Waals surface area contributed by atoms with Crippen molar-refractivity contribution in [1.82, 2.24) is 15.6 Å². The molecular weight excluding hydrogens is 597 g/mol. The largest absolute Gasteiger partial charge is 0.431 e. The second-order valence-electron chi connectivity index (χ2n) is 7.80. The molecule has 1 amide bonds. The van der Waals surface area contributed by atoms with E-state index in [2.05, 4.69) is 38.2 Å². The highest BCUT2D eigenvalue weighted by Crippen LogP contribution is 2.14. The van der Waals surface area contributed by atoms with E-state index in [0.29, 0.717) is 6.54 Å². The van der Waals surface area contributed by atoms with Gasteiger partial charge in [-0.2, -0.15) is 4.98 Å².